The number of carbonyl (C=O) groups excluding carboxylic acids is 3. The highest BCUT2D eigenvalue weighted by molar-refractivity contribution is 5.96. The maximum atomic E-state index is 12.5. The van der Waals surface area contributed by atoms with Crippen molar-refractivity contribution in [1.82, 2.24) is 15.8 Å². The number of benzene rings is 1. The first kappa shape index (κ1) is 22.3. The van der Waals surface area contributed by atoms with Crippen LogP contribution in [0, 0.1) is 0 Å². The highest BCUT2D eigenvalue weighted by Crippen LogP contribution is 2.39. The first-order valence-corrected chi connectivity index (χ1v) is 9.93. The van der Waals surface area contributed by atoms with Gasteiger partial charge in [-0.3, -0.25) is 25.2 Å². The van der Waals surface area contributed by atoms with Crippen LogP contribution in [0.4, 0.5) is 0 Å². The van der Waals surface area contributed by atoms with Crippen LogP contribution in [0.5, 0.6) is 17.2 Å². The summed E-state index contributed by atoms with van der Waals surface area (Å²) in [6, 6.07) is 3.09. The van der Waals surface area contributed by atoms with Crippen molar-refractivity contribution in [3.05, 3.63) is 17.7 Å². The molecule has 29 heavy (non-hydrogen) atoms. The molecule has 1 aromatic carbocycles. The Hall–Kier alpha value is -2.97. The molecule has 0 unspecified atom stereocenters. The van der Waals surface area contributed by atoms with Gasteiger partial charge in [0.25, 0.3) is 5.91 Å². The zero-order valence-corrected chi connectivity index (χ0v) is 17.2. The summed E-state index contributed by atoms with van der Waals surface area (Å²) in [5.41, 5.74) is 5.01. The quantitative estimate of drug-likeness (QED) is 0.572. The smallest absolute Gasteiger partial charge is 0.269 e. The fraction of sp³-hybridized carbons (Fsp3) is 0.550. The summed E-state index contributed by atoms with van der Waals surface area (Å²) in [6.45, 7) is 7.71. The molecule has 1 aliphatic rings. The zero-order valence-electron chi connectivity index (χ0n) is 17.2. The molecular formula is C20H29N3O6. The van der Waals surface area contributed by atoms with Gasteiger partial charge in [0, 0.05) is 31.5 Å². The molecule has 160 valence electrons. The summed E-state index contributed by atoms with van der Waals surface area (Å²) in [5, 5.41) is 0. The Kier molecular flexibility index (Phi) is 8.57. The van der Waals surface area contributed by atoms with E-state index in [4.69, 9.17) is 14.2 Å². The van der Waals surface area contributed by atoms with Crippen molar-refractivity contribution in [2.24, 2.45) is 0 Å². The first-order chi connectivity index (χ1) is 14.0. The zero-order chi connectivity index (χ0) is 21.2. The second-order valence-electron chi connectivity index (χ2n) is 6.34. The molecule has 0 spiro atoms. The van der Waals surface area contributed by atoms with Gasteiger partial charge >= 0.3 is 0 Å². The van der Waals surface area contributed by atoms with Crippen LogP contribution in [0.3, 0.4) is 0 Å². The number of ether oxygens (including phenoxy) is 3. The van der Waals surface area contributed by atoms with Crippen molar-refractivity contribution in [3.8, 4) is 17.2 Å². The molecule has 0 bridgehead atoms. The second-order valence-corrected chi connectivity index (χ2v) is 6.34. The van der Waals surface area contributed by atoms with E-state index in [1.807, 2.05) is 20.8 Å². The number of hydrogen-bond acceptors (Lipinski definition) is 6. The average molecular weight is 407 g/mol. The number of hydrazine groups is 1. The lowest BCUT2D eigenvalue weighted by molar-refractivity contribution is -0.128. The normalized spacial score (nSPS) is 13.2. The third-order valence-electron chi connectivity index (χ3n) is 4.27. The number of rotatable bonds is 10. The van der Waals surface area contributed by atoms with Gasteiger partial charge in [-0.2, -0.15) is 0 Å². The van der Waals surface area contributed by atoms with Crippen molar-refractivity contribution in [2.45, 2.75) is 40.0 Å². The van der Waals surface area contributed by atoms with Gasteiger partial charge in [0.15, 0.2) is 11.5 Å². The molecule has 1 saturated heterocycles. The van der Waals surface area contributed by atoms with Crippen molar-refractivity contribution in [3.63, 3.8) is 0 Å². The van der Waals surface area contributed by atoms with E-state index in [0.717, 1.165) is 6.42 Å². The van der Waals surface area contributed by atoms with E-state index < -0.39 is 5.91 Å². The maximum absolute atomic E-state index is 12.5. The van der Waals surface area contributed by atoms with Crippen LogP contribution in [0.25, 0.3) is 0 Å². The fourth-order valence-corrected chi connectivity index (χ4v) is 2.96. The summed E-state index contributed by atoms with van der Waals surface area (Å²) in [5.74, 6) is 0.392. The lowest BCUT2D eigenvalue weighted by Crippen LogP contribution is -2.43. The van der Waals surface area contributed by atoms with Crippen LogP contribution < -0.4 is 25.1 Å². The molecule has 0 aromatic heterocycles. The van der Waals surface area contributed by atoms with Gasteiger partial charge in [-0.1, -0.05) is 0 Å². The van der Waals surface area contributed by atoms with Crippen molar-refractivity contribution in [1.29, 1.82) is 0 Å². The Morgan fingerprint density at radius 2 is 1.62 bits per heavy atom. The number of nitrogens with zero attached hydrogens (tertiary/aromatic N) is 1. The molecule has 0 radical (unpaired) electrons. The molecular weight excluding hydrogens is 378 g/mol. The van der Waals surface area contributed by atoms with E-state index in [1.54, 1.807) is 17.0 Å². The summed E-state index contributed by atoms with van der Waals surface area (Å²) >= 11 is 0. The van der Waals surface area contributed by atoms with Gasteiger partial charge in [0.05, 0.1) is 19.8 Å². The van der Waals surface area contributed by atoms with Crippen LogP contribution >= 0.6 is 0 Å². The Bertz CT molecular complexity index is 710. The minimum atomic E-state index is -0.513. The molecule has 1 heterocycles. The molecule has 2 N–H and O–H groups in total. The van der Waals surface area contributed by atoms with Crippen LogP contribution in [0.2, 0.25) is 0 Å². The van der Waals surface area contributed by atoms with Crippen LogP contribution in [-0.2, 0) is 9.59 Å². The van der Waals surface area contributed by atoms with Crippen LogP contribution in [0.15, 0.2) is 12.1 Å². The van der Waals surface area contributed by atoms with Gasteiger partial charge in [-0.05, 0) is 39.3 Å². The number of hydrogen-bond donors (Lipinski definition) is 2. The Morgan fingerprint density at radius 1 is 1.00 bits per heavy atom. The number of nitrogens with one attached hydrogen (secondary N) is 2. The van der Waals surface area contributed by atoms with E-state index in [0.29, 0.717) is 56.6 Å². The lowest BCUT2D eigenvalue weighted by Gasteiger charge is -2.17. The summed E-state index contributed by atoms with van der Waals surface area (Å²) < 4.78 is 16.8. The molecule has 2 rings (SSSR count). The van der Waals surface area contributed by atoms with E-state index in [9.17, 15) is 14.4 Å². The highest BCUT2D eigenvalue weighted by atomic mass is 16.5. The van der Waals surface area contributed by atoms with E-state index in [-0.39, 0.29) is 23.8 Å². The summed E-state index contributed by atoms with van der Waals surface area (Å²) in [7, 11) is 0. The van der Waals surface area contributed by atoms with Crippen LogP contribution in [-0.4, -0.2) is 55.5 Å². The van der Waals surface area contributed by atoms with E-state index >= 15 is 0 Å². The van der Waals surface area contributed by atoms with Crippen molar-refractivity contribution >= 4 is 17.7 Å². The fourth-order valence-electron chi connectivity index (χ4n) is 2.96. The Morgan fingerprint density at radius 3 is 2.14 bits per heavy atom. The highest BCUT2D eigenvalue weighted by Gasteiger charge is 2.21. The molecule has 0 aliphatic carbocycles. The molecule has 0 saturated carbocycles. The van der Waals surface area contributed by atoms with Gasteiger partial charge in [-0.15, -0.1) is 0 Å². The number of amides is 3. The third-order valence-corrected chi connectivity index (χ3v) is 4.27. The van der Waals surface area contributed by atoms with Crippen LogP contribution in [0.1, 0.15) is 50.4 Å². The van der Waals surface area contributed by atoms with Crippen molar-refractivity contribution in [2.75, 3.05) is 32.9 Å². The van der Waals surface area contributed by atoms with Gasteiger partial charge < -0.3 is 19.1 Å². The van der Waals surface area contributed by atoms with Gasteiger partial charge in [-0.25, -0.2) is 0 Å². The molecule has 9 nitrogen and oxygen atoms in total. The maximum Gasteiger partial charge on any atom is 0.269 e. The summed E-state index contributed by atoms with van der Waals surface area (Å²) in [4.78, 5) is 37.7. The molecule has 9 heteroatoms. The Balaban J connectivity index is 2.01. The minimum Gasteiger partial charge on any atom is -0.490 e. The monoisotopic (exact) mass is 407 g/mol. The predicted octanol–water partition coefficient (Wildman–Crippen LogP) is 1.66. The largest absolute Gasteiger partial charge is 0.490 e. The van der Waals surface area contributed by atoms with Gasteiger partial charge in [0.2, 0.25) is 17.6 Å². The predicted molar refractivity (Wildman–Crippen MR) is 106 cm³/mol. The first-order valence-electron chi connectivity index (χ1n) is 9.93. The summed E-state index contributed by atoms with van der Waals surface area (Å²) in [6.07, 6.45) is 1.46. The number of likely N-dealkylation sites (tertiary alicyclic amines) is 1. The minimum absolute atomic E-state index is 0.0585. The van der Waals surface area contributed by atoms with E-state index in [1.165, 1.54) is 0 Å². The number of carbonyl (C=O) groups is 3. The topological polar surface area (TPSA) is 106 Å². The van der Waals surface area contributed by atoms with Gasteiger partial charge in [0.1, 0.15) is 0 Å². The van der Waals surface area contributed by atoms with E-state index in [2.05, 4.69) is 10.9 Å². The Labute approximate surface area is 170 Å². The molecule has 1 fully saturated rings. The molecule has 3 amide bonds. The second kappa shape index (κ2) is 11.1. The third kappa shape index (κ3) is 6.27. The van der Waals surface area contributed by atoms with Crippen molar-refractivity contribution < 1.29 is 28.6 Å². The SMILES string of the molecule is CCOc1cc(C(=O)NNC(=O)CCN2CCCC2=O)cc(OCC)c1OCC. The molecule has 1 aromatic rings. The average Bonchev–Trinajstić information content (AvgIpc) is 3.11. The molecule has 1 aliphatic heterocycles. The standard InChI is InChI=1S/C20H29N3O6/c1-4-27-15-12-14(13-16(28-5-2)19(15)29-6-3)20(26)22-21-17(24)9-11-23-10-7-8-18(23)25/h12-13H,4-11H2,1-3H3,(H,21,24)(H,22,26). The molecule has 0 atom stereocenters. The lowest BCUT2D eigenvalue weighted by atomic mass is 10.1.